The number of amidine groups is 1. The zero-order valence-electron chi connectivity index (χ0n) is 10.2. The van der Waals surface area contributed by atoms with E-state index in [-0.39, 0.29) is 0 Å². The molecule has 1 aromatic rings. The van der Waals surface area contributed by atoms with Crippen molar-refractivity contribution in [3.05, 3.63) is 29.0 Å². The highest BCUT2D eigenvalue weighted by Crippen LogP contribution is 2.16. The maximum absolute atomic E-state index is 10.7. The van der Waals surface area contributed by atoms with E-state index in [1.807, 2.05) is 11.0 Å². The Kier molecular flexibility index (Phi) is 4.38. The predicted octanol–water partition coefficient (Wildman–Crippen LogP) is 1.57. The molecule has 0 bridgehead atoms. The first kappa shape index (κ1) is 14.2. The van der Waals surface area contributed by atoms with Crippen LogP contribution in [-0.4, -0.2) is 41.1 Å². The molecule has 0 amide bonds. The Morgan fingerprint density at radius 2 is 2.26 bits per heavy atom. The van der Waals surface area contributed by atoms with Crippen molar-refractivity contribution < 1.29 is 13.0 Å². The molecule has 1 fully saturated rings. The summed E-state index contributed by atoms with van der Waals surface area (Å²) < 4.78 is 30.1. The maximum Gasteiger partial charge on any atom is 0.285 e. The molecule has 1 saturated heterocycles. The zero-order valence-corrected chi connectivity index (χ0v) is 11.7. The van der Waals surface area contributed by atoms with Gasteiger partial charge >= 0.3 is 0 Å². The van der Waals surface area contributed by atoms with E-state index < -0.39 is 16.0 Å². The Hall–Kier alpha value is -1.18. The lowest BCUT2D eigenvalue weighted by Crippen LogP contribution is -2.25. The summed E-state index contributed by atoms with van der Waals surface area (Å²) in [6.07, 6.45) is 3.32. The van der Waals surface area contributed by atoms with Crippen LogP contribution in [0.3, 0.4) is 0 Å². The van der Waals surface area contributed by atoms with E-state index in [0.29, 0.717) is 17.5 Å². The van der Waals surface area contributed by atoms with Gasteiger partial charge < -0.3 is 4.90 Å². The molecule has 6 nitrogen and oxygen atoms in total. The van der Waals surface area contributed by atoms with Crippen LogP contribution in [0.15, 0.2) is 23.3 Å². The van der Waals surface area contributed by atoms with Crippen molar-refractivity contribution in [1.82, 2.24) is 9.88 Å². The van der Waals surface area contributed by atoms with Gasteiger partial charge in [0.1, 0.15) is 11.0 Å². The molecular weight excluding hydrogens is 290 g/mol. The van der Waals surface area contributed by atoms with Gasteiger partial charge in [0, 0.05) is 25.7 Å². The molecule has 104 valence electrons. The quantitative estimate of drug-likeness (QED) is 0.674. The summed E-state index contributed by atoms with van der Waals surface area (Å²) in [4.78, 5) is 9.92. The lowest BCUT2D eigenvalue weighted by molar-refractivity contribution is 0.445. The van der Waals surface area contributed by atoms with Gasteiger partial charge in [0.2, 0.25) is 0 Å². The van der Waals surface area contributed by atoms with Gasteiger partial charge in [-0.25, -0.2) is 4.98 Å². The summed E-state index contributed by atoms with van der Waals surface area (Å²) in [5.41, 5.74) is 0.978. The van der Waals surface area contributed by atoms with Crippen LogP contribution in [0.5, 0.6) is 0 Å². The van der Waals surface area contributed by atoms with Crippen molar-refractivity contribution in [2.24, 2.45) is 4.99 Å². The van der Waals surface area contributed by atoms with Gasteiger partial charge in [-0.05, 0) is 18.1 Å². The smallest absolute Gasteiger partial charge is 0.285 e. The molecule has 0 unspecified atom stereocenters. The molecule has 1 aliphatic heterocycles. The second-order valence-electron chi connectivity index (χ2n) is 4.30. The minimum atomic E-state index is -4.06. The third-order valence-corrected chi connectivity index (χ3v) is 3.44. The van der Waals surface area contributed by atoms with E-state index in [1.54, 1.807) is 12.3 Å². The standard InChI is InChI=1S/C11H14ClN3O3S/c12-10-4-3-9(6-13-10)7-15-5-1-2-11(15)14-8-19(16,17)18/h3-4,6H,1-2,5,7-8H2,(H,16,17,18). The van der Waals surface area contributed by atoms with Crippen LogP contribution in [0.1, 0.15) is 18.4 Å². The lowest BCUT2D eigenvalue weighted by Gasteiger charge is -2.18. The molecule has 0 saturated carbocycles. The average Bonchev–Trinajstić information content (AvgIpc) is 2.76. The Labute approximate surface area is 116 Å². The normalized spacial score (nSPS) is 18.2. The van der Waals surface area contributed by atoms with Crippen molar-refractivity contribution in [1.29, 1.82) is 0 Å². The number of hydrogen-bond donors (Lipinski definition) is 1. The summed E-state index contributed by atoms with van der Waals surface area (Å²) in [5, 5.41) is 0.436. The Morgan fingerprint density at radius 1 is 1.47 bits per heavy atom. The number of likely N-dealkylation sites (tertiary alicyclic amines) is 1. The number of hydrogen-bond acceptors (Lipinski definition) is 4. The molecule has 1 aromatic heterocycles. The summed E-state index contributed by atoms with van der Waals surface area (Å²) in [6, 6.07) is 3.58. The van der Waals surface area contributed by atoms with E-state index in [1.165, 1.54) is 0 Å². The SMILES string of the molecule is O=S(=O)(O)CN=C1CCCN1Cc1ccc(Cl)nc1. The van der Waals surface area contributed by atoms with Gasteiger partial charge in [0.25, 0.3) is 10.1 Å². The van der Waals surface area contributed by atoms with Crippen LogP contribution in [0.2, 0.25) is 5.15 Å². The highest BCUT2D eigenvalue weighted by atomic mass is 35.5. The van der Waals surface area contributed by atoms with E-state index in [9.17, 15) is 8.42 Å². The van der Waals surface area contributed by atoms with Crippen LogP contribution in [0.4, 0.5) is 0 Å². The topological polar surface area (TPSA) is 82.9 Å². The van der Waals surface area contributed by atoms with E-state index in [4.69, 9.17) is 16.2 Å². The third-order valence-electron chi connectivity index (χ3n) is 2.77. The molecule has 2 rings (SSSR count). The third kappa shape index (κ3) is 4.45. The van der Waals surface area contributed by atoms with Crippen LogP contribution in [0.25, 0.3) is 0 Å². The van der Waals surface area contributed by atoms with Gasteiger partial charge in [0.05, 0.1) is 0 Å². The van der Waals surface area contributed by atoms with Gasteiger partial charge in [-0.15, -0.1) is 0 Å². The molecule has 1 aliphatic rings. The van der Waals surface area contributed by atoms with E-state index >= 15 is 0 Å². The number of rotatable bonds is 4. The van der Waals surface area contributed by atoms with Gasteiger partial charge in [0.15, 0.2) is 5.88 Å². The molecule has 0 atom stereocenters. The second-order valence-corrected chi connectivity index (χ2v) is 6.11. The molecule has 19 heavy (non-hydrogen) atoms. The molecule has 8 heteroatoms. The molecule has 1 N–H and O–H groups in total. The van der Waals surface area contributed by atoms with Crippen molar-refractivity contribution in [2.45, 2.75) is 19.4 Å². The number of nitrogens with zero attached hydrogens (tertiary/aromatic N) is 3. The number of aromatic nitrogens is 1. The first-order chi connectivity index (χ1) is 8.94. The fraction of sp³-hybridized carbons (Fsp3) is 0.455. The zero-order chi connectivity index (χ0) is 13.9. The molecule has 0 aliphatic carbocycles. The molecule has 0 aromatic carbocycles. The Balaban J connectivity index is 2.05. The highest BCUT2D eigenvalue weighted by Gasteiger charge is 2.19. The Bertz CT molecular complexity index is 571. The molecule has 0 radical (unpaired) electrons. The van der Waals surface area contributed by atoms with Crippen LogP contribution >= 0.6 is 11.6 Å². The van der Waals surface area contributed by atoms with Gasteiger partial charge in [-0.3, -0.25) is 9.55 Å². The van der Waals surface area contributed by atoms with Crippen molar-refractivity contribution in [3.8, 4) is 0 Å². The fourth-order valence-electron chi connectivity index (χ4n) is 1.94. The molecular formula is C11H14ClN3O3S. The summed E-state index contributed by atoms with van der Waals surface area (Å²) in [7, 11) is -4.06. The van der Waals surface area contributed by atoms with Crippen molar-refractivity contribution in [2.75, 3.05) is 12.4 Å². The summed E-state index contributed by atoms with van der Waals surface area (Å²) >= 11 is 5.71. The van der Waals surface area contributed by atoms with Gasteiger partial charge in [-0.2, -0.15) is 8.42 Å². The molecule has 2 heterocycles. The Morgan fingerprint density at radius 3 is 2.89 bits per heavy atom. The number of halogens is 1. The van der Waals surface area contributed by atoms with Crippen LogP contribution in [-0.2, 0) is 16.7 Å². The molecule has 0 spiro atoms. The van der Waals surface area contributed by atoms with E-state index in [0.717, 1.165) is 24.9 Å². The van der Waals surface area contributed by atoms with Crippen LogP contribution < -0.4 is 0 Å². The monoisotopic (exact) mass is 303 g/mol. The predicted molar refractivity (Wildman–Crippen MR) is 72.7 cm³/mol. The van der Waals surface area contributed by atoms with Crippen LogP contribution in [0, 0.1) is 0 Å². The summed E-state index contributed by atoms with van der Waals surface area (Å²) in [6.45, 7) is 1.42. The maximum atomic E-state index is 10.7. The highest BCUT2D eigenvalue weighted by molar-refractivity contribution is 7.85. The first-order valence-corrected chi connectivity index (χ1v) is 7.76. The number of pyridine rings is 1. The van der Waals surface area contributed by atoms with Crippen molar-refractivity contribution >= 4 is 27.6 Å². The van der Waals surface area contributed by atoms with Gasteiger partial charge in [-0.1, -0.05) is 17.7 Å². The number of aliphatic imine (C=N–C) groups is 1. The lowest BCUT2D eigenvalue weighted by atomic mass is 10.3. The minimum Gasteiger partial charge on any atom is -0.356 e. The van der Waals surface area contributed by atoms with Crippen molar-refractivity contribution in [3.63, 3.8) is 0 Å². The minimum absolute atomic E-state index is 0.436. The largest absolute Gasteiger partial charge is 0.356 e. The fourth-order valence-corrected chi connectivity index (χ4v) is 2.36. The average molecular weight is 304 g/mol. The first-order valence-electron chi connectivity index (χ1n) is 5.78. The second kappa shape index (κ2) is 5.85. The van der Waals surface area contributed by atoms with E-state index in [2.05, 4.69) is 9.98 Å². The summed E-state index contributed by atoms with van der Waals surface area (Å²) in [5.74, 6) is 0.116.